The molecule has 3 nitrogen and oxygen atoms in total. The molecule has 3 heteroatoms. The lowest BCUT2D eigenvalue weighted by atomic mass is 9.91. The highest BCUT2D eigenvalue weighted by atomic mass is 15.2. The monoisotopic (exact) mass is 601 g/mol. The molecule has 0 atom stereocenters. The maximum absolute atomic E-state index is 4.85. The second kappa shape index (κ2) is 11.0. The van der Waals surface area contributed by atoms with Gasteiger partial charge in [0, 0.05) is 34.0 Å². The number of rotatable bonds is 6. The lowest BCUT2D eigenvalue weighted by Gasteiger charge is -2.29. The van der Waals surface area contributed by atoms with E-state index in [-0.39, 0.29) is 0 Å². The van der Waals surface area contributed by atoms with Gasteiger partial charge < -0.3 is 4.90 Å². The molecule has 8 aromatic carbocycles. The van der Waals surface area contributed by atoms with Gasteiger partial charge in [0.15, 0.2) is 0 Å². The SMILES string of the molecule is Cc1ccc(N(c2ccccc2)c2ccc3ccc4c(N(c5ccc6ccccc6c5)c5ccccn5)ccc5ccc2c3c54)cc1. The first-order valence-electron chi connectivity index (χ1n) is 16.1. The first-order chi connectivity index (χ1) is 23.2. The van der Waals surface area contributed by atoms with Crippen LogP contribution in [0.4, 0.5) is 34.3 Å². The van der Waals surface area contributed by atoms with Crippen molar-refractivity contribution in [3.05, 3.63) is 176 Å². The molecule has 0 N–H and O–H groups in total. The van der Waals surface area contributed by atoms with E-state index in [2.05, 4.69) is 174 Å². The maximum atomic E-state index is 4.85. The van der Waals surface area contributed by atoms with Crippen LogP contribution in [0, 0.1) is 6.92 Å². The van der Waals surface area contributed by atoms with Gasteiger partial charge in [0.2, 0.25) is 0 Å². The molecule has 9 aromatic rings. The predicted octanol–water partition coefficient (Wildman–Crippen LogP) is 12.4. The predicted molar refractivity (Wildman–Crippen MR) is 200 cm³/mol. The fourth-order valence-electron chi connectivity index (χ4n) is 7.05. The summed E-state index contributed by atoms with van der Waals surface area (Å²) >= 11 is 0. The van der Waals surface area contributed by atoms with Gasteiger partial charge in [-0.1, -0.05) is 109 Å². The topological polar surface area (TPSA) is 19.4 Å². The number of fused-ring (bicyclic) bond motifs is 1. The number of para-hydroxylation sites is 1. The van der Waals surface area contributed by atoms with E-state index in [1.165, 1.54) is 48.7 Å². The Hall–Kier alpha value is -6.19. The molecule has 222 valence electrons. The number of pyridine rings is 1. The number of aryl methyl sites for hydroxylation is 1. The Morgan fingerprint density at radius 3 is 1.64 bits per heavy atom. The van der Waals surface area contributed by atoms with Gasteiger partial charge in [-0.3, -0.25) is 4.90 Å². The van der Waals surface area contributed by atoms with Crippen molar-refractivity contribution in [2.24, 2.45) is 0 Å². The zero-order valence-electron chi connectivity index (χ0n) is 26.0. The summed E-state index contributed by atoms with van der Waals surface area (Å²) in [6, 6.07) is 58.9. The van der Waals surface area contributed by atoms with E-state index in [9.17, 15) is 0 Å². The maximum Gasteiger partial charge on any atom is 0.137 e. The molecule has 0 bridgehead atoms. The Bertz CT molecular complexity index is 2520. The van der Waals surface area contributed by atoms with Crippen molar-refractivity contribution >= 4 is 77.3 Å². The number of nitrogens with zero attached hydrogens (tertiary/aromatic N) is 3. The molecule has 0 amide bonds. The molecule has 1 heterocycles. The third-order valence-corrected chi connectivity index (χ3v) is 9.28. The Kier molecular flexibility index (Phi) is 6.36. The first-order valence-corrected chi connectivity index (χ1v) is 16.1. The highest BCUT2D eigenvalue weighted by Gasteiger charge is 2.22. The molecule has 9 rings (SSSR count). The number of hydrogen-bond acceptors (Lipinski definition) is 3. The molecule has 0 saturated heterocycles. The van der Waals surface area contributed by atoms with E-state index in [1.54, 1.807) is 0 Å². The third kappa shape index (κ3) is 4.55. The van der Waals surface area contributed by atoms with Crippen LogP contribution in [0.5, 0.6) is 0 Å². The van der Waals surface area contributed by atoms with Gasteiger partial charge in [-0.15, -0.1) is 0 Å². The molecule has 0 aliphatic carbocycles. The zero-order valence-corrected chi connectivity index (χ0v) is 26.0. The standard InChI is InChI=1S/C44H31N3/c1-30-14-21-36(22-15-30)46(35-11-3-2-4-12-35)40-26-19-32-18-25-39-41(27-20-33-17-24-38(40)43(32)44(33)39)47(42-13-7-8-28-45-42)37-23-16-31-9-5-6-10-34(31)29-37/h2-29H,1H3. The van der Waals surface area contributed by atoms with Gasteiger partial charge in [-0.05, 0) is 99.9 Å². The number of benzene rings is 8. The Balaban J connectivity index is 1.31. The summed E-state index contributed by atoms with van der Waals surface area (Å²) in [6.07, 6.45) is 1.87. The minimum atomic E-state index is 0.883. The van der Waals surface area contributed by atoms with E-state index in [0.29, 0.717) is 0 Å². The molecule has 0 fully saturated rings. The van der Waals surface area contributed by atoms with Crippen LogP contribution in [0.3, 0.4) is 0 Å². The van der Waals surface area contributed by atoms with Gasteiger partial charge in [0.05, 0.1) is 11.4 Å². The van der Waals surface area contributed by atoms with Crippen LogP contribution in [-0.4, -0.2) is 4.98 Å². The van der Waals surface area contributed by atoms with Crippen LogP contribution < -0.4 is 9.80 Å². The average Bonchev–Trinajstić information content (AvgIpc) is 3.13. The molecular formula is C44H31N3. The second-order valence-corrected chi connectivity index (χ2v) is 12.2. The fraction of sp³-hybridized carbons (Fsp3) is 0.0227. The first kappa shape index (κ1) is 27.1. The smallest absolute Gasteiger partial charge is 0.137 e. The molecule has 47 heavy (non-hydrogen) atoms. The highest BCUT2D eigenvalue weighted by Crippen LogP contribution is 2.47. The van der Waals surface area contributed by atoms with Crippen molar-refractivity contribution < 1.29 is 0 Å². The van der Waals surface area contributed by atoms with E-state index >= 15 is 0 Å². The molecule has 0 saturated carbocycles. The van der Waals surface area contributed by atoms with Crippen LogP contribution in [0.15, 0.2) is 170 Å². The van der Waals surface area contributed by atoms with Crippen molar-refractivity contribution in [2.45, 2.75) is 6.92 Å². The molecule has 0 spiro atoms. The van der Waals surface area contributed by atoms with E-state index in [1.807, 2.05) is 12.3 Å². The Labute approximate surface area is 273 Å². The second-order valence-electron chi connectivity index (χ2n) is 12.2. The summed E-state index contributed by atoms with van der Waals surface area (Å²) in [5.74, 6) is 0.883. The van der Waals surface area contributed by atoms with Gasteiger partial charge >= 0.3 is 0 Å². The minimum Gasteiger partial charge on any atom is -0.310 e. The number of aromatic nitrogens is 1. The summed E-state index contributed by atoms with van der Waals surface area (Å²) < 4.78 is 0. The van der Waals surface area contributed by atoms with E-state index in [4.69, 9.17) is 4.98 Å². The van der Waals surface area contributed by atoms with E-state index in [0.717, 1.165) is 34.3 Å². The molecular weight excluding hydrogens is 571 g/mol. The van der Waals surface area contributed by atoms with Crippen molar-refractivity contribution in [2.75, 3.05) is 9.80 Å². The number of hydrogen-bond donors (Lipinski definition) is 0. The van der Waals surface area contributed by atoms with E-state index < -0.39 is 0 Å². The van der Waals surface area contributed by atoms with Crippen LogP contribution in [-0.2, 0) is 0 Å². The average molecular weight is 602 g/mol. The van der Waals surface area contributed by atoms with Crippen LogP contribution in [0.25, 0.3) is 43.1 Å². The third-order valence-electron chi connectivity index (χ3n) is 9.28. The molecule has 0 aliphatic heterocycles. The van der Waals surface area contributed by atoms with Gasteiger partial charge in [-0.2, -0.15) is 0 Å². The Morgan fingerprint density at radius 2 is 0.957 bits per heavy atom. The van der Waals surface area contributed by atoms with Gasteiger partial charge in [0.1, 0.15) is 5.82 Å². The Morgan fingerprint density at radius 1 is 0.404 bits per heavy atom. The summed E-state index contributed by atoms with van der Waals surface area (Å²) in [4.78, 5) is 9.52. The summed E-state index contributed by atoms with van der Waals surface area (Å²) in [7, 11) is 0. The van der Waals surface area contributed by atoms with Crippen molar-refractivity contribution in [3.63, 3.8) is 0 Å². The minimum absolute atomic E-state index is 0.883. The number of anilines is 6. The quantitative estimate of drug-likeness (QED) is 0.177. The lowest BCUT2D eigenvalue weighted by molar-refractivity contribution is 1.19. The molecule has 0 unspecified atom stereocenters. The van der Waals surface area contributed by atoms with Crippen LogP contribution in [0.2, 0.25) is 0 Å². The largest absolute Gasteiger partial charge is 0.310 e. The lowest BCUT2D eigenvalue weighted by Crippen LogP contribution is -2.12. The zero-order chi connectivity index (χ0) is 31.3. The van der Waals surface area contributed by atoms with Gasteiger partial charge in [-0.25, -0.2) is 4.98 Å². The molecule has 0 aliphatic rings. The van der Waals surface area contributed by atoms with Crippen molar-refractivity contribution in [1.29, 1.82) is 0 Å². The molecule has 1 aromatic heterocycles. The highest BCUT2D eigenvalue weighted by molar-refractivity contribution is 6.28. The summed E-state index contributed by atoms with van der Waals surface area (Å²) in [6.45, 7) is 2.14. The normalized spacial score (nSPS) is 11.5. The summed E-state index contributed by atoms with van der Waals surface area (Å²) in [5.41, 5.74) is 6.84. The summed E-state index contributed by atoms with van der Waals surface area (Å²) in [5, 5.41) is 9.81. The van der Waals surface area contributed by atoms with Crippen LogP contribution >= 0.6 is 0 Å². The van der Waals surface area contributed by atoms with Gasteiger partial charge in [0.25, 0.3) is 0 Å². The van der Waals surface area contributed by atoms with Crippen molar-refractivity contribution in [3.8, 4) is 0 Å². The van der Waals surface area contributed by atoms with Crippen molar-refractivity contribution in [1.82, 2.24) is 4.98 Å². The molecule has 0 radical (unpaired) electrons. The fourth-order valence-corrected chi connectivity index (χ4v) is 7.05. The van der Waals surface area contributed by atoms with Crippen LogP contribution in [0.1, 0.15) is 5.56 Å².